The molecule has 0 aliphatic heterocycles. The largest absolute Gasteiger partial charge is 0.491 e. The molecule has 2 aromatic rings. The van der Waals surface area contributed by atoms with E-state index >= 15 is 0 Å². The second kappa shape index (κ2) is 6.13. The Bertz CT molecular complexity index is 536. The van der Waals surface area contributed by atoms with E-state index in [1.165, 1.54) is 0 Å². The topological polar surface area (TPSA) is 65.1 Å². The van der Waals surface area contributed by atoms with E-state index in [2.05, 4.69) is 17.3 Å². The van der Waals surface area contributed by atoms with Gasteiger partial charge in [0.05, 0.1) is 30.2 Å². The molecule has 102 valence electrons. The van der Waals surface area contributed by atoms with Crippen molar-refractivity contribution in [2.75, 3.05) is 17.7 Å². The molecular formula is C14H20N4O. The van der Waals surface area contributed by atoms with E-state index in [0.29, 0.717) is 18.8 Å². The number of rotatable bonds is 6. The zero-order valence-corrected chi connectivity index (χ0v) is 11.4. The minimum absolute atomic E-state index is 0.641. The van der Waals surface area contributed by atoms with Crippen LogP contribution in [0.15, 0.2) is 30.5 Å². The summed E-state index contributed by atoms with van der Waals surface area (Å²) in [5.74, 6) is 0.730. The van der Waals surface area contributed by atoms with Gasteiger partial charge in [-0.3, -0.25) is 4.68 Å². The first kappa shape index (κ1) is 13.3. The number of nitrogens with zero attached hydrogens (tertiary/aromatic N) is 2. The van der Waals surface area contributed by atoms with Crippen molar-refractivity contribution in [2.45, 2.75) is 19.9 Å². The van der Waals surface area contributed by atoms with Gasteiger partial charge in [0.1, 0.15) is 5.75 Å². The number of nitrogens with one attached hydrogen (secondary N) is 1. The summed E-state index contributed by atoms with van der Waals surface area (Å²) in [6, 6.07) is 7.73. The van der Waals surface area contributed by atoms with Crippen LogP contribution in [0.5, 0.6) is 5.75 Å². The molecule has 0 saturated heterocycles. The zero-order valence-electron chi connectivity index (χ0n) is 11.4. The number of ether oxygens (including phenoxy) is 1. The fraction of sp³-hybridized carbons (Fsp3) is 0.357. The number of para-hydroxylation sites is 1. The number of nitrogen functional groups attached to an aromatic ring is 1. The zero-order chi connectivity index (χ0) is 13.7. The molecule has 0 amide bonds. The third kappa shape index (κ3) is 3.40. The number of hydrogen-bond donors (Lipinski definition) is 2. The summed E-state index contributed by atoms with van der Waals surface area (Å²) >= 11 is 0. The normalized spacial score (nSPS) is 10.4. The first-order valence-electron chi connectivity index (χ1n) is 6.44. The van der Waals surface area contributed by atoms with Crippen molar-refractivity contribution in [3.8, 4) is 5.75 Å². The van der Waals surface area contributed by atoms with Gasteiger partial charge in [0, 0.05) is 13.2 Å². The van der Waals surface area contributed by atoms with E-state index in [1.807, 2.05) is 37.5 Å². The Morgan fingerprint density at radius 1 is 1.37 bits per heavy atom. The smallest absolute Gasteiger partial charge is 0.144 e. The van der Waals surface area contributed by atoms with Crippen LogP contribution in [-0.2, 0) is 13.6 Å². The predicted molar refractivity (Wildman–Crippen MR) is 77.2 cm³/mol. The highest BCUT2D eigenvalue weighted by Crippen LogP contribution is 2.29. The number of anilines is 2. The van der Waals surface area contributed by atoms with Crippen molar-refractivity contribution in [1.82, 2.24) is 9.78 Å². The highest BCUT2D eigenvalue weighted by Gasteiger charge is 2.06. The second-order valence-corrected chi connectivity index (χ2v) is 4.40. The van der Waals surface area contributed by atoms with Crippen LogP contribution in [0.2, 0.25) is 0 Å². The van der Waals surface area contributed by atoms with Gasteiger partial charge >= 0.3 is 0 Å². The molecule has 19 heavy (non-hydrogen) atoms. The highest BCUT2D eigenvalue weighted by atomic mass is 16.5. The van der Waals surface area contributed by atoms with E-state index in [-0.39, 0.29) is 0 Å². The predicted octanol–water partition coefficient (Wildman–Crippen LogP) is 2.40. The van der Waals surface area contributed by atoms with Crippen molar-refractivity contribution in [2.24, 2.45) is 7.05 Å². The quantitative estimate of drug-likeness (QED) is 0.783. The highest BCUT2D eigenvalue weighted by molar-refractivity contribution is 5.72. The maximum Gasteiger partial charge on any atom is 0.144 e. The van der Waals surface area contributed by atoms with Crippen LogP contribution < -0.4 is 15.8 Å². The average Bonchev–Trinajstić information content (AvgIpc) is 2.82. The first-order chi connectivity index (χ1) is 9.20. The maximum absolute atomic E-state index is 6.08. The molecule has 0 unspecified atom stereocenters. The summed E-state index contributed by atoms with van der Waals surface area (Å²) in [5, 5.41) is 7.59. The molecule has 5 nitrogen and oxygen atoms in total. The molecule has 1 aromatic carbocycles. The molecule has 0 saturated carbocycles. The van der Waals surface area contributed by atoms with Crippen LogP contribution in [0.3, 0.4) is 0 Å². The van der Waals surface area contributed by atoms with E-state index in [4.69, 9.17) is 10.5 Å². The lowest BCUT2D eigenvalue weighted by Crippen LogP contribution is -2.05. The summed E-state index contributed by atoms with van der Waals surface area (Å²) in [5.41, 5.74) is 8.57. The molecule has 0 aliphatic rings. The molecule has 0 bridgehead atoms. The maximum atomic E-state index is 6.08. The summed E-state index contributed by atoms with van der Waals surface area (Å²) in [7, 11) is 1.90. The van der Waals surface area contributed by atoms with Gasteiger partial charge in [-0.2, -0.15) is 5.10 Å². The lowest BCUT2D eigenvalue weighted by Gasteiger charge is -2.12. The van der Waals surface area contributed by atoms with E-state index in [1.54, 1.807) is 4.68 Å². The van der Waals surface area contributed by atoms with Crippen molar-refractivity contribution in [1.29, 1.82) is 0 Å². The summed E-state index contributed by atoms with van der Waals surface area (Å²) in [4.78, 5) is 0. The molecule has 0 fully saturated rings. The Kier molecular flexibility index (Phi) is 4.28. The molecule has 1 heterocycles. The summed E-state index contributed by atoms with van der Waals surface area (Å²) < 4.78 is 7.38. The minimum atomic E-state index is 0.641. The van der Waals surface area contributed by atoms with Crippen molar-refractivity contribution >= 4 is 11.4 Å². The third-order valence-corrected chi connectivity index (χ3v) is 2.76. The molecule has 3 N–H and O–H groups in total. The Labute approximate surface area is 113 Å². The lowest BCUT2D eigenvalue weighted by molar-refractivity contribution is 0.319. The Morgan fingerprint density at radius 3 is 2.89 bits per heavy atom. The van der Waals surface area contributed by atoms with Crippen LogP contribution in [0.1, 0.15) is 19.0 Å². The fourth-order valence-electron chi connectivity index (χ4n) is 1.78. The van der Waals surface area contributed by atoms with Crippen molar-refractivity contribution in [3.05, 3.63) is 36.2 Å². The minimum Gasteiger partial charge on any atom is -0.491 e. The number of nitrogens with two attached hydrogens (primary N) is 1. The molecular weight excluding hydrogens is 240 g/mol. The van der Waals surface area contributed by atoms with Gasteiger partial charge in [-0.25, -0.2) is 0 Å². The fourth-order valence-corrected chi connectivity index (χ4v) is 1.78. The number of hydrogen-bond acceptors (Lipinski definition) is 4. The van der Waals surface area contributed by atoms with Crippen LogP contribution in [0.4, 0.5) is 11.4 Å². The van der Waals surface area contributed by atoms with Crippen LogP contribution >= 0.6 is 0 Å². The number of aryl methyl sites for hydroxylation is 1. The van der Waals surface area contributed by atoms with Crippen LogP contribution in [0, 0.1) is 0 Å². The van der Waals surface area contributed by atoms with Gasteiger partial charge in [0.2, 0.25) is 0 Å². The summed E-state index contributed by atoms with van der Waals surface area (Å²) in [6.45, 7) is 3.38. The Morgan fingerprint density at radius 2 is 2.21 bits per heavy atom. The number of benzene rings is 1. The lowest BCUT2D eigenvalue weighted by atomic mass is 10.2. The Balaban J connectivity index is 2.03. The molecule has 0 atom stereocenters. The van der Waals surface area contributed by atoms with Crippen molar-refractivity contribution < 1.29 is 4.74 Å². The van der Waals surface area contributed by atoms with Gasteiger partial charge in [-0.05, 0) is 24.6 Å². The van der Waals surface area contributed by atoms with E-state index in [9.17, 15) is 0 Å². The van der Waals surface area contributed by atoms with E-state index in [0.717, 1.165) is 23.6 Å². The van der Waals surface area contributed by atoms with Crippen LogP contribution in [0.25, 0.3) is 0 Å². The second-order valence-electron chi connectivity index (χ2n) is 4.40. The van der Waals surface area contributed by atoms with Crippen LogP contribution in [-0.4, -0.2) is 16.4 Å². The van der Waals surface area contributed by atoms with Gasteiger partial charge in [0.15, 0.2) is 0 Å². The van der Waals surface area contributed by atoms with Gasteiger partial charge in [0.25, 0.3) is 0 Å². The molecule has 0 aliphatic carbocycles. The Hall–Kier alpha value is -2.17. The third-order valence-electron chi connectivity index (χ3n) is 2.76. The molecule has 0 spiro atoms. The average molecular weight is 260 g/mol. The molecule has 5 heteroatoms. The molecule has 2 rings (SSSR count). The molecule has 1 aromatic heterocycles. The van der Waals surface area contributed by atoms with Gasteiger partial charge in [-0.1, -0.05) is 13.0 Å². The molecule has 0 radical (unpaired) electrons. The standard InChI is InChI=1S/C14H20N4O/c1-3-9-19-13-6-4-5-12(14(13)15)16-10-11-7-8-18(2)17-11/h4-8,16H,3,9-10,15H2,1-2H3. The van der Waals surface area contributed by atoms with E-state index < -0.39 is 0 Å². The summed E-state index contributed by atoms with van der Waals surface area (Å²) in [6.07, 6.45) is 2.88. The van der Waals surface area contributed by atoms with Crippen molar-refractivity contribution in [3.63, 3.8) is 0 Å². The number of aromatic nitrogens is 2. The SMILES string of the molecule is CCCOc1cccc(NCc2ccn(C)n2)c1N. The first-order valence-corrected chi connectivity index (χ1v) is 6.44. The monoisotopic (exact) mass is 260 g/mol. The van der Waals surface area contributed by atoms with Gasteiger partial charge < -0.3 is 15.8 Å². The van der Waals surface area contributed by atoms with Gasteiger partial charge in [-0.15, -0.1) is 0 Å².